The van der Waals surface area contributed by atoms with Crippen molar-refractivity contribution in [1.29, 1.82) is 5.26 Å². The van der Waals surface area contributed by atoms with E-state index in [1.165, 1.54) is 19.6 Å². The molecule has 3 aromatic rings. The van der Waals surface area contributed by atoms with Crippen molar-refractivity contribution in [2.45, 2.75) is 46.1 Å². The maximum Gasteiger partial charge on any atom is 0.271 e. The highest BCUT2D eigenvalue weighted by atomic mass is 16.5. The number of aromatic hydroxyl groups is 1. The Morgan fingerprint density at radius 2 is 1.94 bits per heavy atom. The van der Waals surface area contributed by atoms with Gasteiger partial charge in [0.05, 0.1) is 25.0 Å². The molecular formula is C25H26N2O5. The maximum absolute atomic E-state index is 13.2. The summed E-state index contributed by atoms with van der Waals surface area (Å²) < 4.78 is 11.9. The number of hydrogen-bond donors (Lipinski definition) is 1. The number of ether oxygens (including phenoxy) is 1. The third-order valence-corrected chi connectivity index (χ3v) is 5.30. The van der Waals surface area contributed by atoms with Gasteiger partial charge in [0.1, 0.15) is 23.1 Å². The molecule has 0 aliphatic rings. The van der Waals surface area contributed by atoms with Crippen LogP contribution >= 0.6 is 0 Å². The molecule has 0 amide bonds. The molecule has 0 saturated heterocycles. The van der Waals surface area contributed by atoms with Gasteiger partial charge in [0.15, 0.2) is 5.78 Å². The minimum Gasteiger partial charge on any atom is -0.494 e. The largest absolute Gasteiger partial charge is 0.494 e. The molecule has 32 heavy (non-hydrogen) atoms. The van der Waals surface area contributed by atoms with E-state index in [9.17, 15) is 20.0 Å². The topological polar surface area (TPSA) is 105 Å². The lowest BCUT2D eigenvalue weighted by Gasteiger charge is -2.15. The van der Waals surface area contributed by atoms with Crippen molar-refractivity contribution in [3.8, 4) is 17.7 Å². The SMILES string of the molecule is CCCCCCOc1ccc(C(=O)c2c(C)c(C#N)c(=O)n(Cc3ccco3)c2O)cc1. The Hall–Kier alpha value is -3.79. The van der Waals surface area contributed by atoms with E-state index in [1.54, 1.807) is 36.4 Å². The van der Waals surface area contributed by atoms with Crippen LogP contribution in [0.25, 0.3) is 0 Å². The monoisotopic (exact) mass is 434 g/mol. The number of nitriles is 1. The van der Waals surface area contributed by atoms with Gasteiger partial charge in [-0.2, -0.15) is 5.26 Å². The van der Waals surface area contributed by atoms with E-state index in [4.69, 9.17) is 9.15 Å². The fraction of sp³-hybridized carbons (Fsp3) is 0.320. The van der Waals surface area contributed by atoms with Crippen LogP contribution in [0, 0.1) is 18.3 Å². The second-order valence-electron chi connectivity index (χ2n) is 7.54. The van der Waals surface area contributed by atoms with Crippen LogP contribution < -0.4 is 10.3 Å². The highest BCUT2D eigenvalue weighted by molar-refractivity contribution is 6.11. The van der Waals surface area contributed by atoms with Gasteiger partial charge in [0.25, 0.3) is 5.56 Å². The predicted octanol–water partition coefficient (Wildman–Crippen LogP) is 4.57. The van der Waals surface area contributed by atoms with Crippen LogP contribution in [0.3, 0.4) is 0 Å². The lowest BCUT2D eigenvalue weighted by atomic mass is 9.97. The van der Waals surface area contributed by atoms with Crippen LogP contribution in [0.1, 0.15) is 65.4 Å². The Bertz CT molecular complexity index is 1170. The van der Waals surface area contributed by atoms with Crippen molar-refractivity contribution in [2.75, 3.05) is 6.61 Å². The predicted molar refractivity (Wildman–Crippen MR) is 119 cm³/mol. The molecule has 0 atom stereocenters. The Morgan fingerprint density at radius 1 is 1.19 bits per heavy atom. The number of unbranched alkanes of at least 4 members (excludes halogenated alkanes) is 3. The number of nitrogens with zero attached hydrogens (tertiary/aromatic N) is 2. The first-order chi connectivity index (χ1) is 15.5. The molecule has 2 heterocycles. The van der Waals surface area contributed by atoms with Crippen LogP contribution in [-0.4, -0.2) is 22.1 Å². The Kier molecular flexibility index (Phi) is 7.50. The van der Waals surface area contributed by atoms with Crippen molar-refractivity contribution in [3.63, 3.8) is 0 Å². The third kappa shape index (κ3) is 4.92. The summed E-state index contributed by atoms with van der Waals surface area (Å²) in [5, 5.41) is 20.3. The summed E-state index contributed by atoms with van der Waals surface area (Å²) in [6, 6.07) is 11.8. The molecule has 3 rings (SSSR count). The number of ketones is 1. The molecule has 0 aliphatic heterocycles. The summed E-state index contributed by atoms with van der Waals surface area (Å²) in [4.78, 5) is 25.9. The van der Waals surface area contributed by atoms with Crippen molar-refractivity contribution in [2.24, 2.45) is 0 Å². The zero-order chi connectivity index (χ0) is 23.1. The summed E-state index contributed by atoms with van der Waals surface area (Å²) in [5.74, 6) is 0.0804. The average molecular weight is 434 g/mol. The standard InChI is InChI=1S/C25H26N2O5/c1-3-4-5-6-13-31-19-11-9-18(10-12-19)23(28)22-17(2)21(15-26)24(29)27(25(22)30)16-20-8-7-14-32-20/h7-12,14,30H,3-6,13,16H2,1-2H3. The molecule has 7 nitrogen and oxygen atoms in total. The van der Waals surface area contributed by atoms with Crippen molar-refractivity contribution in [3.05, 3.63) is 81.0 Å². The fourth-order valence-electron chi connectivity index (χ4n) is 3.49. The van der Waals surface area contributed by atoms with Gasteiger partial charge < -0.3 is 14.3 Å². The third-order valence-electron chi connectivity index (χ3n) is 5.30. The van der Waals surface area contributed by atoms with E-state index < -0.39 is 17.2 Å². The molecule has 2 aromatic heterocycles. The highest BCUT2D eigenvalue weighted by Gasteiger charge is 2.25. The van der Waals surface area contributed by atoms with Gasteiger partial charge in [-0.3, -0.25) is 14.2 Å². The number of hydrogen-bond acceptors (Lipinski definition) is 6. The van der Waals surface area contributed by atoms with Crippen molar-refractivity contribution >= 4 is 5.78 Å². The van der Waals surface area contributed by atoms with Gasteiger partial charge >= 0.3 is 0 Å². The molecule has 1 N–H and O–H groups in total. The molecular weight excluding hydrogens is 408 g/mol. The molecule has 0 aliphatic carbocycles. The van der Waals surface area contributed by atoms with E-state index in [1.807, 2.05) is 6.07 Å². The molecule has 0 spiro atoms. The zero-order valence-electron chi connectivity index (χ0n) is 18.3. The smallest absolute Gasteiger partial charge is 0.271 e. The second-order valence-corrected chi connectivity index (χ2v) is 7.54. The van der Waals surface area contributed by atoms with Gasteiger partial charge in [0.2, 0.25) is 5.88 Å². The number of carbonyl (C=O) groups is 1. The minimum atomic E-state index is -0.678. The lowest BCUT2D eigenvalue weighted by Crippen LogP contribution is -2.27. The molecule has 0 radical (unpaired) electrons. The molecule has 1 aromatic carbocycles. The summed E-state index contributed by atoms with van der Waals surface area (Å²) in [6.45, 7) is 4.14. The molecule has 7 heteroatoms. The van der Waals surface area contributed by atoms with Crippen LogP contribution in [0.15, 0.2) is 51.9 Å². The summed E-state index contributed by atoms with van der Waals surface area (Å²) >= 11 is 0. The number of carbonyl (C=O) groups excluding carboxylic acids is 1. The van der Waals surface area contributed by atoms with Gasteiger partial charge in [-0.15, -0.1) is 0 Å². The first-order valence-electron chi connectivity index (χ1n) is 10.6. The van der Waals surface area contributed by atoms with E-state index in [-0.39, 0.29) is 23.2 Å². The zero-order valence-corrected chi connectivity index (χ0v) is 18.3. The van der Waals surface area contributed by atoms with E-state index in [0.717, 1.165) is 23.8 Å². The van der Waals surface area contributed by atoms with E-state index in [2.05, 4.69) is 6.92 Å². The van der Waals surface area contributed by atoms with Gasteiger partial charge in [0, 0.05) is 5.56 Å². The van der Waals surface area contributed by atoms with Crippen LogP contribution in [0.5, 0.6) is 11.6 Å². The van der Waals surface area contributed by atoms with Gasteiger partial charge in [-0.05, 0) is 55.3 Å². The first-order valence-corrected chi connectivity index (χ1v) is 10.6. The molecule has 166 valence electrons. The number of aromatic nitrogens is 1. The molecule has 0 saturated carbocycles. The normalized spacial score (nSPS) is 10.7. The second kappa shape index (κ2) is 10.5. The Morgan fingerprint density at radius 3 is 2.56 bits per heavy atom. The van der Waals surface area contributed by atoms with Crippen molar-refractivity contribution in [1.82, 2.24) is 4.57 Å². The first kappa shape index (κ1) is 22.9. The van der Waals surface area contributed by atoms with Crippen LogP contribution in [0.2, 0.25) is 0 Å². The van der Waals surface area contributed by atoms with E-state index >= 15 is 0 Å². The summed E-state index contributed by atoms with van der Waals surface area (Å²) in [7, 11) is 0. The van der Waals surface area contributed by atoms with Crippen LogP contribution in [0.4, 0.5) is 0 Å². The molecule has 0 bridgehead atoms. The summed E-state index contributed by atoms with van der Waals surface area (Å²) in [6.07, 6.45) is 5.85. The van der Waals surface area contributed by atoms with Crippen LogP contribution in [-0.2, 0) is 6.54 Å². The maximum atomic E-state index is 13.2. The molecule has 0 fully saturated rings. The Balaban J connectivity index is 1.89. The number of rotatable bonds is 10. The minimum absolute atomic E-state index is 0.0825. The van der Waals surface area contributed by atoms with Gasteiger partial charge in [-0.25, -0.2) is 0 Å². The summed E-state index contributed by atoms with van der Waals surface area (Å²) in [5.41, 5.74) is -0.492. The fourth-order valence-corrected chi connectivity index (χ4v) is 3.49. The van der Waals surface area contributed by atoms with E-state index in [0.29, 0.717) is 23.7 Å². The number of furan rings is 1. The average Bonchev–Trinajstić information content (AvgIpc) is 3.30. The number of pyridine rings is 1. The van der Waals surface area contributed by atoms with Crippen molar-refractivity contribution < 1.29 is 19.1 Å². The lowest BCUT2D eigenvalue weighted by molar-refractivity contribution is 0.103. The highest BCUT2D eigenvalue weighted by Crippen LogP contribution is 2.26. The molecule has 0 unspecified atom stereocenters. The quantitative estimate of drug-likeness (QED) is 0.370. The number of benzene rings is 1. The van der Waals surface area contributed by atoms with Gasteiger partial charge in [-0.1, -0.05) is 26.2 Å². The Labute approximate surface area is 186 Å².